The number of piperidine rings is 1. The van der Waals surface area contributed by atoms with Crippen molar-refractivity contribution in [2.24, 2.45) is 46.3 Å². The highest BCUT2D eigenvalue weighted by molar-refractivity contribution is 5.26. The summed E-state index contributed by atoms with van der Waals surface area (Å²) in [6, 6.07) is 0. The fourth-order valence-corrected chi connectivity index (χ4v) is 14.2. The molecule has 5 heterocycles. The van der Waals surface area contributed by atoms with Crippen LogP contribution < -0.4 is 5.32 Å². The van der Waals surface area contributed by atoms with Crippen molar-refractivity contribution >= 4 is 0 Å². The van der Waals surface area contributed by atoms with Crippen LogP contribution in [-0.4, -0.2) is 164 Å². The van der Waals surface area contributed by atoms with Crippen molar-refractivity contribution in [3.05, 3.63) is 11.6 Å². The second-order valence-electron chi connectivity index (χ2n) is 21.2. The molecule has 9 N–H and O–H groups in total. The van der Waals surface area contributed by atoms with Crippen LogP contribution >= 0.6 is 0 Å². The van der Waals surface area contributed by atoms with Gasteiger partial charge in [-0.2, -0.15) is 0 Å². The molecule has 9 rings (SSSR count). The minimum absolute atomic E-state index is 0.0389. The largest absolute Gasteiger partial charge is 0.394 e. The van der Waals surface area contributed by atoms with Crippen molar-refractivity contribution in [2.75, 3.05) is 13.2 Å². The molecule has 9 aliphatic rings. The second-order valence-corrected chi connectivity index (χ2v) is 21.2. The number of hydrogen-bond donors (Lipinski definition) is 9. The maximum Gasteiger partial charge on any atom is 0.187 e. The molecule has 26 atom stereocenters. The molecule has 0 radical (unpaired) electrons. The lowest BCUT2D eigenvalue weighted by Gasteiger charge is -2.59. The molecule has 348 valence electrons. The van der Waals surface area contributed by atoms with Gasteiger partial charge in [0.1, 0.15) is 66.8 Å². The van der Waals surface area contributed by atoms with Gasteiger partial charge in [0, 0.05) is 12.5 Å². The van der Waals surface area contributed by atoms with E-state index in [9.17, 15) is 40.9 Å². The van der Waals surface area contributed by atoms with E-state index in [1.165, 1.54) is 38.7 Å². The van der Waals surface area contributed by atoms with Crippen LogP contribution in [0.1, 0.15) is 99.3 Å². The summed E-state index contributed by atoms with van der Waals surface area (Å²) in [5, 5.41) is 90.1. The number of allylic oxidation sites excluding steroid dienone is 1. The van der Waals surface area contributed by atoms with E-state index in [1.807, 2.05) is 0 Å². The smallest absolute Gasteiger partial charge is 0.187 e. The van der Waals surface area contributed by atoms with Crippen LogP contribution in [0.5, 0.6) is 0 Å². The van der Waals surface area contributed by atoms with Crippen molar-refractivity contribution < 1.29 is 74.0 Å². The van der Waals surface area contributed by atoms with Crippen LogP contribution in [-0.2, 0) is 33.2 Å². The fraction of sp³-hybridized carbons (Fsp3) is 0.956. The van der Waals surface area contributed by atoms with Crippen molar-refractivity contribution in [1.29, 1.82) is 0 Å². The quantitative estimate of drug-likeness (QED) is 0.161. The van der Waals surface area contributed by atoms with Gasteiger partial charge in [-0.25, -0.2) is 0 Å². The van der Waals surface area contributed by atoms with E-state index >= 15 is 0 Å². The minimum Gasteiger partial charge on any atom is -0.394 e. The van der Waals surface area contributed by atoms with Crippen LogP contribution in [0.25, 0.3) is 0 Å². The highest BCUT2D eigenvalue weighted by atomic mass is 16.8. The van der Waals surface area contributed by atoms with Gasteiger partial charge in [-0.3, -0.25) is 5.32 Å². The summed E-state index contributed by atoms with van der Waals surface area (Å²) in [5.41, 5.74) is 1.52. The number of fused-ring (bicyclic) bond motifs is 7. The predicted octanol–water partition coefficient (Wildman–Crippen LogP) is 0.815. The lowest BCUT2D eigenvalue weighted by atomic mass is 9.47. The average molecular weight is 868 g/mol. The first-order valence-electron chi connectivity index (χ1n) is 23.3. The maximum absolute atomic E-state index is 11.5. The highest BCUT2D eigenvalue weighted by Gasteiger charge is 2.68. The van der Waals surface area contributed by atoms with E-state index in [2.05, 4.69) is 39.1 Å². The van der Waals surface area contributed by atoms with Gasteiger partial charge in [-0.15, -0.1) is 0 Å². The third-order valence-electron chi connectivity index (χ3n) is 17.9. The van der Waals surface area contributed by atoms with Crippen molar-refractivity contribution in [2.45, 2.75) is 209 Å². The first-order chi connectivity index (χ1) is 28.9. The van der Waals surface area contributed by atoms with E-state index in [0.29, 0.717) is 48.0 Å². The monoisotopic (exact) mass is 867 g/mol. The average Bonchev–Trinajstić information content (AvgIpc) is 3.69. The standard InChI is InChI=1S/C45H73NO15/c1-19-9-14-45(46-17-19)20(2)30-28(61-45)16-27-25-8-7-23-15-24(10-12-43(23,5)26(25)11-13-44(27,30)6)57-41-37(54)35(52)38(29(18-47)58-41)59-42-39(34(51)32(49)22(4)56-42)60-40-36(53)33(50)31(48)21(3)55-40/h7,19-22,24-42,46-54H,8-18H2,1-6H3/t19-,20-,21-,22-,24-,25+,26-,27-,28-,29+,30-,31-,32-,33+,34+,35+,36+,37+,38+,39+,40-,41+,42-,43-,44-,45-/m0/s1. The van der Waals surface area contributed by atoms with Crippen molar-refractivity contribution in [3.63, 3.8) is 0 Å². The second kappa shape index (κ2) is 16.8. The van der Waals surface area contributed by atoms with Crippen LogP contribution in [0.4, 0.5) is 0 Å². The summed E-state index contributed by atoms with van der Waals surface area (Å²) in [6.45, 7) is 13.2. The first-order valence-corrected chi connectivity index (χ1v) is 23.3. The van der Waals surface area contributed by atoms with Gasteiger partial charge in [0.2, 0.25) is 0 Å². The Morgan fingerprint density at radius 2 is 1.36 bits per heavy atom. The number of ether oxygens (including phenoxy) is 7. The maximum atomic E-state index is 11.5. The van der Waals surface area contributed by atoms with Gasteiger partial charge in [0.05, 0.1) is 31.0 Å². The van der Waals surface area contributed by atoms with Gasteiger partial charge in [-0.05, 0) is 112 Å². The Labute approximate surface area is 359 Å². The van der Waals surface area contributed by atoms with Crippen LogP contribution in [0.2, 0.25) is 0 Å². The summed E-state index contributed by atoms with van der Waals surface area (Å²) >= 11 is 0. The van der Waals surface area contributed by atoms with Crippen LogP contribution in [0.3, 0.4) is 0 Å². The third-order valence-corrected chi connectivity index (χ3v) is 17.9. The first kappa shape index (κ1) is 45.3. The molecule has 5 aliphatic heterocycles. The third kappa shape index (κ3) is 7.42. The molecule has 3 saturated carbocycles. The Hall–Kier alpha value is -0.900. The number of nitrogens with one attached hydrogen (secondary N) is 1. The van der Waals surface area contributed by atoms with Crippen LogP contribution in [0.15, 0.2) is 11.6 Å². The molecule has 0 aromatic rings. The van der Waals surface area contributed by atoms with E-state index < -0.39 is 98.7 Å². The summed E-state index contributed by atoms with van der Waals surface area (Å²) in [7, 11) is 0. The molecule has 5 saturated heterocycles. The van der Waals surface area contributed by atoms with Crippen molar-refractivity contribution in [1.82, 2.24) is 5.32 Å². The zero-order valence-corrected chi connectivity index (χ0v) is 36.6. The van der Waals surface area contributed by atoms with E-state index in [4.69, 9.17) is 33.2 Å². The minimum atomic E-state index is -1.73. The molecular formula is C45H73NO15. The topological polar surface area (TPSA) is 238 Å². The fourth-order valence-electron chi connectivity index (χ4n) is 14.2. The van der Waals surface area contributed by atoms with E-state index in [1.54, 1.807) is 0 Å². The summed E-state index contributed by atoms with van der Waals surface area (Å²) in [4.78, 5) is 0. The molecule has 61 heavy (non-hydrogen) atoms. The normalized spacial score (nSPS) is 58.4. The Morgan fingerprint density at radius 1 is 0.705 bits per heavy atom. The van der Waals surface area contributed by atoms with E-state index in [0.717, 1.165) is 38.6 Å². The lowest BCUT2D eigenvalue weighted by molar-refractivity contribution is -0.386. The molecule has 0 unspecified atom stereocenters. The number of aliphatic hydroxyl groups excluding tert-OH is 8. The Balaban J connectivity index is 0.843. The highest BCUT2D eigenvalue weighted by Crippen LogP contribution is 2.70. The Morgan fingerprint density at radius 3 is 2.07 bits per heavy atom. The summed E-state index contributed by atoms with van der Waals surface area (Å²) in [6.07, 6.45) is -9.80. The molecule has 1 spiro atoms. The zero-order chi connectivity index (χ0) is 43.5. The predicted molar refractivity (Wildman–Crippen MR) is 215 cm³/mol. The van der Waals surface area contributed by atoms with E-state index in [-0.39, 0.29) is 22.7 Å². The van der Waals surface area contributed by atoms with Crippen LogP contribution in [0, 0.1) is 46.3 Å². The molecule has 16 heteroatoms. The SMILES string of the molecule is C[C@H]1CC[C@]2(NC1)O[C@H]1C[C@H]3[C@@H]4CC=C5C[C@@H](O[C@@H]6O[C@H](CO)[C@@H](O[C@@H]7O[C@@H](C)[C@H](O)[C@@H](O)[C@H]7O[C@@H]7O[C@@H](C)[C@H](O)[C@@H](O)[C@H]7O)[C@H](O)[C@H]6O)CC[C@]5(C)[C@H]4CC[C@]3(C)[C@H]1[C@@H]2C. The van der Waals surface area contributed by atoms with Gasteiger partial charge >= 0.3 is 0 Å². The summed E-state index contributed by atoms with van der Waals surface area (Å²) < 4.78 is 43.0. The number of rotatable bonds is 7. The Kier molecular flexibility index (Phi) is 12.4. The molecule has 8 fully saturated rings. The number of aliphatic hydroxyl groups is 8. The molecular weight excluding hydrogens is 794 g/mol. The summed E-state index contributed by atoms with van der Waals surface area (Å²) in [5.74, 6) is 3.55. The molecule has 0 amide bonds. The molecule has 0 bridgehead atoms. The zero-order valence-electron chi connectivity index (χ0n) is 36.6. The molecule has 4 aliphatic carbocycles. The molecule has 0 aromatic carbocycles. The van der Waals surface area contributed by atoms with Gasteiger partial charge in [-0.1, -0.05) is 39.3 Å². The molecule has 16 nitrogen and oxygen atoms in total. The van der Waals surface area contributed by atoms with Gasteiger partial charge in [0.15, 0.2) is 18.9 Å². The Bertz CT molecular complexity index is 1600. The van der Waals surface area contributed by atoms with Crippen molar-refractivity contribution in [3.8, 4) is 0 Å². The van der Waals surface area contributed by atoms with Gasteiger partial charge in [0.25, 0.3) is 0 Å². The lowest BCUT2D eigenvalue weighted by Crippen LogP contribution is -2.66. The number of hydrogen-bond acceptors (Lipinski definition) is 16. The molecule has 0 aromatic heterocycles. The van der Waals surface area contributed by atoms with Gasteiger partial charge < -0.3 is 74.0 Å².